The Morgan fingerprint density at radius 2 is 2.22 bits per heavy atom. The lowest BCUT2D eigenvalue weighted by atomic mass is 10.1. The number of ether oxygens (including phenoxy) is 1. The topological polar surface area (TPSA) is 39.2 Å². The van der Waals surface area contributed by atoms with Gasteiger partial charge in [0.2, 0.25) is 0 Å². The average Bonchev–Trinajstić information content (AvgIpc) is 2.88. The highest BCUT2D eigenvalue weighted by molar-refractivity contribution is 5.91. The molecule has 18 heavy (non-hydrogen) atoms. The summed E-state index contributed by atoms with van der Waals surface area (Å²) >= 11 is 0. The van der Waals surface area contributed by atoms with Crippen LogP contribution in [-0.4, -0.2) is 18.1 Å². The van der Waals surface area contributed by atoms with Crippen molar-refractivity contribution in [3.05, 3.63) is 40.7 Å². The summed E-state index contributed by atoms with van der Waals surface area (Å²) in [6.45, 7) is 1.88. The first kappa shape index (κ1) is 12.4. The number of nitrogens with zero attached hydrogens (tertiary/aromatic N) is 1. The largest absolute Gasteiger partial charge is 0.465 e. The highest BCUT2D eigenvalue weighted by Gasteiger charge is 2.11. The predicted molar refractivity (Wildman–Crippen MR) is 69.1 cm³/mol. The van der Waals surface area contributed by atoms with Gasteiger partial charge in [-0.3, -0.25) is 0 Å². The van der Waals surface area contributed by atoms with Crippen LogP contribution in [0.5, 0.6) is 0 Å². The second-order valence-corrected chi connectivity index (χ2v) is 4.21. The Hall–Kier alpha value is -2.08. The highest BCUT2D eigenvalue weighted by Crippen LogP contribution is 2.16. The Balaban J connectivity index is 2.35. The van der Waals surface area contributed by atoms with Gasteiger partial charge in [0.15, 0.2) is 0 Å². The summed E-state index contributed by atoms with van der Waals surface area (Å²) in [4.78, 5) is 15.9. The zero-order valence-corrected chi connectivity index (χ0v) is 10.6. The molecule has 1 heterocycles. The third-order valence-corrected chi connectivity index (χ3v) is 2.82. The molecule has 0 saturated heterocycles. The van der Waals surface area contributed by atoms with Crippen molar-refractivity contribution >= 4 is 5.97 Å². The van der Waals surface area contributed by atoms with E-state index in [4.69, 9.17) is 4.74 Å². The molecular formula is C15H15NO2. The summed E-state index contributed by atoms with van der Waals surface area (Å²) in [6, 6.07) is 3.49. The van der Waals surface area contributed by atoms with Gasteiger partial charge in [-0.25, -0.2) is 9.78 Å². The normalized spacial score (nSPS) is 13.6. The molecule has 0 N–H and O–H groups in total. The minimum absolute atomic E-state index is 0.396. The number of aryl methyl sites for hydroxylation is 1. The van der Waals surface area contributed by atoms with Gasteiger partial charge in [-0.2, -0.15) is 0 Å². The standard InChI is InChI=1S/C15H15NO2/c1-11-7-9-13(15(17)18-2)14(16-11)10-8-12-5-3-4-6-12/h5,7,9H,3-4,6H2,1-2H3. The molecule has 0 fully saturated rings. The van der Waals surface area contributed by atoms with E-state index < -0.39 is 5.97 Å². The smallest absolute Gasteiger partial charge is 0.340 e. The number of pyridine rings is 1. The van der Waals surface area contributed by atoms with Crippen molar-refractivity contribution in [3.8, 4) is 11.8 Å². The van der Waals surface area contributed by atoms with Crippen molar-refractivity contribution in [3.63, 3.8) is 0 Å². The van der Waals surface area contributed by atoms with Crippen molar-refractivity contribution in [2.75, 3.05) is 7.11 Å². The van der Waals surface area contributed by atoms with Crippen LogP contribution in [0.1, 0.15) is 41.0 Å². The first-order valence-corrected chi connectivity index (χ1v) is 5.97. The van der Waals surface area contributed by atoms with E-state index in [-0.39, 0.29) is 0 Å². The summed E-state index contributed by atoms with van der Waals surface area (Å²) in [6.07, 6.45) is 5.41. The number of carbonyl (C=O) groups is 1. The number of rotatable bonds is 1. The minimum Gasteiger partial charge on any atom is -0.465 e. The minimum atomic E-state index is -0.396. The summed E-state index contributed by atoms with van der Waals surface area (Å²) in [5.41, 5.74) is 2.89. The Morgan fingerprint density at radius 1 is 1.39 bits per heavy atom. The molecule has 0 atom stereocenters. The number of hydrogen-bond donors (Lipinski definition) is 0. The van der Waals surface area contributed by atoms with Gasteiger partial charge >= 0.3 is 5.97 Å². The number of esters is 1. The fraction of sp³-hybridized carbons (Fsp3) is 0.333. The number of hydrogen-bond acceptors (Lipinski definition) is 3. The molecule has 1 aromatic rings. The van der Waals surface area contributed by atoms with E-state index in [0.717, 1.165) is 30.5 Å². The van der Waals surface area contributed by atoms with Crippen molar-refractivity contribution in [1.29, 1.82) is 0 Å². The third-order valence-electron chi connectivity index (χ3n) is 2.82. The molecule has 0 saturated carbocycles. The van der Waals surface area contributed by atoms with E-state index in [2.05, 4.69) is 22.9 Å². The van der Waals surface area contributed by atoms with E-state index in [1.54, 1.807) is 12.1 Å². The van der Waals surface area contributed by atoms with Crippen LogP contribution in [0.2, 0.25) is 0 Å². The van der Waals surface area contributed by atoms with Gasteiger partial charge in [0.05, 0.1) is 12.7 Å². The van der Waals surface area contributed by atoms with Gasteiger partial charge in [0.25, 0.3) is 0 Å². The van der Waals surface area contributed by atoms with E-state index in [1.165, 1.54) is 7.11 Å². The fourth-order valence-electron chi connectivity index (χ4n) is 1.85. The molecule has 0 aromatic carbocycles. The molecule has 0 radical (unpaired) electrons. The van der Waals surface area contributed by atoms with Crippen LogP contribution >= 0.6 is 0 Å². The first-order valence-electron chi connectivity index (χ1n) is 5.97. The van der Waals surface area contributed by atoms with Gasteiger partial charge < -0.3 is 4.74 Å². The molecular weight excluding hydrogens is 226 g/mol. The van der Waals surface area contributed by atoms with Crippen molar-refractivity contribution in [2.24, 2.45) is 0 Å². The third kappa shape index (κ3) is 2.78. The Labute approximate surface area is 107 Å². The summed E-state index contributed by atoms with van der Waals surface area (Å²) in [5, 5.41) is 0. The van der Waals surface area contributed by atoms with Crippen molar-refractivity contribution < 1.29 is 9.53 Å². The van der Waals surface area contributed by atoms with Crippen LogP contribution in [0.25, 0.3) is 0 Å². The van der Waals surface area contributed by atoms with E-state index >= 15 is 0 Å². The van der Waals surface area contributed by atoms with Gasteiger partial charge in [-0.05, 0) is 49.8 Å². The molecule has 1 aliphatic rings. The molecule has 3 heteroatoms. The second-order valence-electron chi connectivity index (χ2n) is 4.21. The molecule has 0 unspecified atom stereocenters. The van der Waals surface area contributed by atoms with Gasteiger partial charge in [-0.1, -0.05) is 12.0 Å². The molecule has 3 nitrogen and oxygen atoms in total. The first-order chi connectivity index (χ1) is 8.70. The Kier molecular flexibility index (Phi) is 3.78. The summed E-state index contributed by atoms with van der Waals surface area (Å²) < 4.78 is 4.73. The van der Waals surface area contributed by atoms with Gasteiger partial charge in [0.1, 0.15) is 5.69 Å². The SMILES string of the molecule is COC(=O)c1ccc(C)nc1C#CC1=CCCC1. The van der Waals surface area contributed by atoms with Crippen LogP contribution in [0, 0.1) is 18.8 Å². The molecule has 0 aliphatic heterocycles. The molecule has 0 amide bonds. The quantitative estimate of drug-likeness (QED) is 0.560. The van der Waals surface area contributed by atoms with Crippen LogP contribution in [-0.2, 0) is 4.74 Å². The van der Waals surface area contributed by atoms with Crippen molar-refractivity contribution in [2.45, 2.75) is 26.2 Å². The molecule has 0 bridgehead atoms. The van der Waals surface area contributed by atoms with Gasteiger partial charge in [-0.15, -0.1) is 0 Å². The Morgan fingerprint density at radius 3 is 2.89 bits per heavy atom. The van der Waals surface area contributed by atoms with Crippen LogP contribution < -0.4 is 0 Å². The Bertz CT molecular complexity index is 562. The molecule has 1 aliphatic carbocycles. The van der Waals surface area contributed by atoms with Crippen LogP contribution in [0.15, 0.2) is 23.8 Å². The fourth-order valence-corrected chi connectivity index (χ4v) is 1.85. The molecule has 0 spiro atoms. The molecule has 92 valence electrons. The van der Waals surface area contributed by atoms with Crippen molar-refractivity contribution in [1.82, 2.24) is 4.98 Å². The van der Waals surface area contributed by atoms with Gasteiger partial charge in [0, 0.05) is 5.69 Å². The lowest BCUT2D eigenvalue weighted by Gasteiger charge is -2.02. The highest BCUT2D eigenvalue weighted by atomic mass is 16.5. The summed E-state index contributed by atoms with van der Waals surface area (Å²) in [7, 11) is 1.36. The van der Waals surface area contributed by atoms with E-state index in [1.807, 2.05) is 6.92 Å². The number of carbonyl (C=O) groups excluding carboxylic acids is 1. The van der Waals surface area contributed by atoms with E-state index in [0.29, 0.717) is 11.3 Å². The number of aromatic nitrogens is 1. The maximum Gasteiger partial charge on any atom is 0.340 e. The van der Waals surface area contributed by atoms with E-state index in [9.17, 15) is 4.79 Å². The molecule has 1 aromatic heterocycles. The van der Waals surface area contributed by atoms with Crippen LogP contribution in [0.4, 0.5) is 0 Å². The maximum atomic E-state index is 11.6. The number of methoxy groups -OCH3 is 1. The molecule has 2 rings (SSSR count). The average molecular weight is 241 g/mol. The maximum absolute atomic E-state index is 11.6. The zero-order valence-electron chi connectivity index (χ0n) is 10.6. The predicted octanol–water partition coefficient (Wildman–Crippen LogP) is 2.64. The second kappa shape index (κ2) is 5.50. The summed E-state index contributed by atoms with van der Waals surface area (Å²) in [5.74, 6) is 5.67. The zero-order chi connectivity index (χ0) is 13.0. The lowest BCUT2D eigenvalue weighted by Crippen LogP contribution is -2.06. The monoisotopic (exact) mass is 241 g/mol. The lowest BCUT2D eigenvalue weighted by molar-refractivity contribution is 0.0600. The van der Waals surface area contributed by atoms with Crippen LogP contribution in [0.3, 0.4) is 0 Å². The number of allylic oxidation sites excluding steroid dienone is 2.